The Morgan fingerprint density at radius 2 is 1.07 bits per heavy atom. The number of anilines is 2. The zero-order valence-corrected chi connectivity index (χ0v) is 41.3. The van der Waals surface area contributed by atoms with Gasteiger partial charge in [-0.1, -0.05) is 60.7 Å². The summed E-state index contributed by atoms with van der Waals surface area (Å²) in [5.74, 6) is 2.19. The summed E-state index contributed by atoms with van der Waals surface area (Å²) in [6.45, 7) is 9.64. The van der Waals surface area contributed by atoms with E-state index in [-0.39, 0.29) is 49.0 Å². The average molecular weight is 999 g/mol. The van der Waals surface area contributed by atoms with E-state index in [1.807, 2.05) is 47.8 Å². The molecule has 0 atom stereocenters. The van der Waals surface area contributed by atoms with Crippen molar-refractivity contribution in [3.63, 3.8) is 0 Å². The lowest BCUT2D eigenvalue weighted by molar-refractivity contribution is -0.123. The van der Waals surface area contributed by atoms with Crippen LogP contribution in [0.3, 0.4) is 0 Å². The lowest BCUT2D eigenvalue weighted by Crippen LogP contribution is -2.57. The summed E-state index contributed by atoms with van der Waals surface area (Å²) in [5, 5.41) is 21.2. The van der Waals surface area contributed by atoms with Gasteiger partial charge in [0.2, 0.25) is 11.8 Å². The number of imidazole rings is 2. The third-order valence-corrected chi connectivity index (χ3v) is 13.4. The Bertz CT molecular complexity index is 3220. The van der Waals surface area contributed by atoms with Crippen molar-refractivity contribution >= 4 is 45.8 Å². The highest BCUT2D eigenvalue weighted by atomic mass is 16.5. The van der Waals surface area contributed by atoms with Crippen LogP contribution in [0, 0.1) is 13.8 Å². The second kappa shape index (κ2) is 20.9. The van der Waals surface area contributed by atoms with Gasteiger partial charge in [-0.3, -0.25) is 19.0 Å². The van der Waals surface area contributed by atoms with Gasteiger partial charge in [-0.15, -0.1) is 0 Å². The van der Waals surface area contributed by atoms with Crippen LogP contribution in [0.1, 0.15) is 46.7 Å². The number of ether oxygens (including phenoxy) is 2. The topological polar surface area (TPSA) is 276 Å². The molecule has 2 fully saturated rings. The quantitative estimate of drug-likeness (QED) is 0.119. The second-order valence-corrected chi connectivity index (χ2v) is 18.9. The molecule has 2 saturated heterocycles. The standard InChI is InChI=1S/2C26H29N9O2/c2*1-16-30-23-24(27)32-26-33-25(23)35(16)13-17-6-7-21(18(9-17)5-3-2-4-8-37-26)19-10-29-34(14-19)15-22(36)31-20-11-28-12-20/h2*2-3,6-7,9-10,14,20,28H,4-5,8,11-13,15H2,1H3,(H,31,36)(H2,27,32,33)/b3-2+;3-2-. The maximum absolute atomic E-state index is 12.3. The van der Waals surface area contributed by atoms with Crippen molar-refractivity contribution in [2.75, 3.05) is 50.9 Å². The van der Waals surface area contributed by atoms with Gasteiger partial charge in [-0.25, -0.2) is 9.97 Å². The Morgan fingerprint density at radius 3 is 1.49 bits per heavy atom. The van der Waals surface area contributed by atoms with Crippen LogP contribution in [-0.4, -0.2) is 122 Å². The van der Waals surface area contributed by atoms with Crippen molar-refractivity contribution in [1.82, 2.24) is 79.9 Å². The van der Waals surface area contributed by atoms with E-state index in [0.29, 0.717) is 60.3 Å². The number of nitrogens with one attached hydrogen (secondary N) is 4. The summed E-state index contributed by atoms with van der Waals surface area (Å²) in [6.07, 6.45) is 19.0. The van der Waals surface area contributed by atoms with Gasteiger partial charge >= 0.3 is 12.0 Å². The molecule has 380 valence electrons. The highest BCUT2D eigenvalue weighted by molar-refractivity contribution is 5.84. The smallest absolute Gasteiger partial charge is 0.320 e. The molecule has 2 aromatic carbocycles. The van der Waals surface area contributed by atoms with Gasteiger partial charge in [0.15, 0.2) is 34.0 Å². The van der Waals surface area contributed by atoms with Crippen molar-refractivity contribution in [1.29, 1.82) is 0 Å². The Balaban J connectivity index is 0.000000159. The van der Waals surface area contributed by atoms with Crippen molar-refractivity contribution in [2.24, 2.45) is 0 Å². The number of hydrogen-bond acceptors (Lipinski definition) is 16. The van der Waals surface area contributed by atoms with E-state index in [1.54, 1.807) is 9.36 Å². The van der Waals surface area contributed by atoms with Crippen molar-refractivity contribution in [3.05, 3.63) is 119 Å². The molecule has 6 aromatic heterocycles. The minimum atomic E-state index is -0.0288. The van der Waals surface area contributed by atoms with Crippen LogP contribution in [0.15, 0.2) is 85.5 Å². The largest absolute Gasteiger partial charge is 0.463 e. The number of benzene rings is 2. The lowest BCUT2D eigenvalue weighted by atomic mass is 9.97. The molecule has 8 aromatic rings. The van der Waals surface area contributed by atoms with E-state index in [9.17, 15) is 9.59 Å². The second-order valence-electron chi connectivity index (χ2n) is 18.9. The third kappa shape index (κ3) is 10.5. The van der Waals surface area contributed by atoms with Crippen LogP contribution >= 0.6 is 0 Å². The Labute approximate surface area is 425 Å². The molecule has 8 N–H and O–H groups in total. The molecule has 22 nitrogen and oxygen atoms in total. The number of nitrogens with two attached hydrogens (primary N) is 2. The van der Waals surface area contributed by atoms with Gasteiger partial charge < -0.3 is 51.3 Å². The number of aryl methyl sites for hydroxylation is 2. The van der Waals surface area contributed by atoms with Gasteiger partial charge in [-0.05, 0) is 72.9 Å². The fourth-order valence-corrected chi connectivity index (χ4v) is 9.38. The van der Waals surface area contributed by atoms with Crippen LogP contribution in [0.25, 0.3) is 44.6 Å². The number of nitrogen functional groups attached to an aromatic ring is 2. The van der Waals surface area contributed by atoms with Crippen LogP contribution in [0.4, 0.5) is 11.6 Å². The molecular formula is C52H58N18O4. The molecule has 0 spiro atoms. The van der Waals surface area contributed by atoms with E-state index >= 15 is 0 Å². The Kier molecular flexibility index (Phi) is 13.5. The van der Waals surface area contributed by atoms with Crippen molar-refractivity contribution in [3.8, 4) is 34.3 Å². The van der Waals surface area contributed by atoms with Gasteiger partial charge in [0, 0.05) is 49.7 Å². The fraction of sp³-hybridized carbons (Fsp3) is 0.346. The van der Waals surface area contributed by atoms with Gasteiger partial charge in [0.05, 0.1) is 50.8 Å². The van der Waals surface area contributed by atoms with Gasteiger partial charge in [0.25, 0.3) is 0 Å². The normalized spacial score (nSPS) is 16.7. The first-order valence-corrected chi connectivity index (χ1v) is 24.9. The number of amides is 2. The molecule has 12 rings (SSSR count). The minimum Gasteiger partial charge on any atom is -0.463 e. The molecule has 0 unspecified atom stereocenters. The highest BCUT2D eigenvalue weighted by Gasteiger charge is 2.22. The monoisotopic (exact) mass is 998 g/mol. The molecule has 0 aliphatic carbocycles. The molecule has 2 amide bonds. The molecular weight excluding hydrogens is 941 g/mol. The molecule has 0 radical (unpaired) electrons. The minimum absolute atomic E-state index is 0.0288. The summed E-state index contributed by atoms with van der Waals surface area (Å²) in [5.41, 5.74) is 23.5. The summed E-state index contributed by atoms with van der Waals surface area (Å²) < 4.78 is 19.0. The van der Waals surface area contributed by atoms with Gasteiger partial charge in [-0.2, -0.15) is 30.1 Å². The number of rotatable bonds is 8. The summed E-state index contributed by atoms with van der Waals surface area (Å²) in [4.78, 5) is 51.6. The Morgan fingerprint density at radius 1 is 0.622 bits per heavy atom. The molecule has 10 heterocycles. The van der Waals surface area contributed by atoms with Crippen LogP contribution in [-0.2, 0) is 48.6 Å². The molecule has 22 heteroatoms. The number of nitrogens with zero attached hydrogens (tertiary/aromatic N) is 12. The zero-order valence-electron chi connectivity index (χ0n) is 41.3. The maximum atomic E-state index is 12.3. The fourth-order valence-electron chi connectivity index (χ4n) is 9.38. The first-order valence-electron chi connectivity index (χ1n) is 24.9. The summed E-state index contributed by atoms with van der Waals surface area (Å²) in [7, 11) is 0. The van der Waals surface area contributed by atoms with Gasteiger partial charge in [0.1, 0.15) is 24.7 Å². The first-order chi connectivity index (χ1) is 36.1. The molecule has 0 saturated carbocycles. The predicted octanol–water partition coefficient (Wildman–Crippen LogP) is 3.20. The molecule has 8 bridgehead atoms. The highest BCUT2D eigenvalue weighted by Crippen LogP contribution is 2.30. The van der Waals surface area contributed by atoms with Crippen molar-refractivity contribution < 1.29 is 19.1 Å². The predicted molar refractivity (Wildman–Crippen MR) is 278 cm³/mol. The number of allylic oxidation sites excluding steroid dienone is 2. The first kappa shape index (κ1) is 47.8. The maximum Gasteiger partial charge on any atom is 0.320 e. The van der Waals surface area contributed by atoms with E-state index in [4.69, 9.17) is 20.9 Å². The van der Waals surface area contributed by atoms with E-state index in [1.165, 1.54) is 11.1 Å². The van der Waals surface area contributed by atoms with Crippen LogP contribution in [0.5, 0.6) is 12.0 Å². The Hall–Kier alpha value is -8.50. The summed E-state index contributed by atoms with van der Waals surface area (Å²) >= 11 is 0. The molecule has 4 aliphatic rings. The van der Waals surface area contributed by atoms with Crippen molar-refractivity contribution in [2.45, 2.75) is 77.8 Å². The van der Waals surface area contributed by atoms with Crippen LogP contribution in [0.2, 0.25) is 0 Å². The molecule has 74 heavy (non-hydrogen) atoms. The third-order valence-electron chi connectivity index (χ3n) is 13.4. The van der Waals surface area contributed by atoms with E-state index in [2.05, 4.69) is 122 Å². The van der Waals surface area contributed by atoms with Crippen LogP contribution < -0.4 is 42.2 Å². The number of carbonyl (C=O) groups is 2. The summed E-state index contributed by atoms with van der Waals surface area (Å²) in [6, 6.07) is 13.8. The number of carbonyl (C=O) groups excluding carboxylic acids is 2. The lowest BCUT2D eigenvalue weighted by Gasteiger charge is -2.27. The SMILES string of the molecule is Cc1nc2c(N)nc3nc2n1Cc1ccc(-c2cnn(CC(=O)NC4CNC4)c2)c(c1)C/C=C/CCO3.Cc1nc2c(N)nc3nc2n1Cc1ccc(-c2cnn(CC(=O)NC4CNC4)c2)c(c1)C/C=C\CCO3. The number of aromatic nitrogens is 12. The number of hydrogen-bond donors (Lipinski definition) is 6. The average Bonchev–Trinajstić information content (AvgIpc) is 4.15. The van der Waals surface area contributed by atoms with E-state index < -0.39 is 0 Å². The molecule has 4 aliphatic heterocycles. The zero-order chi connectivity index (χ0) is 50.7. The van der Waals surface area contributed by atoms with E-state index in [0.717, 1.165) is 96.9 Å². The number of fused-ring (bicyclic) bond motifs is 6.